The second kappa shape index (κ2) is 10.7. The molecular formula is C32H29FN6O2. The van der Waals surface area contributed by atoms with E-state index in [0.717, 1.165) is 64.0 Å². The number of nitrogens with zero attached hydrogens (tertiary/aromatic N) is 4. The van der Waals surface area contributed by atoms with E-state index >= 15 is 0 Å². The molecule has 41 heavy (non-hydrogen) atoms. The molecule has 4 aromatic heterocycles. The van der Waals surface area contributed by atoms with Crippen molar-refractivity contribution in [2.45, 2.75) is 12.8 Å². The number of benzene rings is 2. The van der Waals surface area contributed by atoms with E-state index in [1.165, 1.54) is 25.0 Å². The van der Waals surface area contributed by atoms with Crippen LogP contribution in [0.5, 0.6) is 11.5 Å². The van der Waals surface area contributed by atoms with Gasteiger partial charge in [-0.25, -0.2) is 4.39 Å². The van der Waals surface area contributed by atoms with Crippen molar-refractivity contribution in [2.24, 2.45) is 0 Å². The molecule has 0 radical (unpaired) electrons. The average molecular weight is 549 g/mol. The van der Waals surface area contributed by atoms with Gasteiger partial charge in [0.25, 0.3) is 0 Å². The van der Waals surface area contributed by atoms with E-state index in [1.807, 2.05) is 42.6 Å². The van der Waals surface area contributed by atoms with Gasteiger partial charge in [-0.3, -0.25) is 20.0 Å². The quantitative estimate of drug-likeness (QED) is 0.227. The molecule has 0 saturated carbocycles. The number of aromatic nitrogens is 5. The van der Waals surface area contributed by atoms with Crippen LogP contribution in [0.4, 0.5) is 4.39 Å². The van der Waals surface area contributed by atoms with Gasteiger partial charge in [0.1, 0.15) is 29.6 Å². The summed E-state index contributed by atoms with van der Waals surface area (Å²) in [6, 6.07) is 16.8. The minimum absolute atomic E-state index is 0.355. The number of likely N-dealkylation sites (tertiary alicyclic amines) is 1. The monoisotopic (exact) mass is 548 g/mol. The van der Waals surface area contributed by atoms with E-state index < -0.39 is 0 Å². The Labute approximate surface area is 236 Å². The number of halogens is 1. The second-order valence-corrected chi connectivity index (χ2v) is 10.3. The number of H-pyrrole nitrogens is 2. The van der Waals surface area contributed by atoms with Gasteiger partial charge in [-0.05, 0) is 74.0 Å². The number of hydrogen-bond acceptors (Lipinski definition) is 6. The van der Waals surface area contributed by atoms with Crippen molar-refractivity contribution in [1.82, 2.24) is 30.0 Å². The van der Waals surface area contributed by atoms with Crippen LogP contribution in [0.3, 0.4) is 0 Å². The van der Waals surface area contributed by atoms with Gasteiger partial charge >= 0.3 is 0 Å². The predicted octanol–water partition coefficient (Wildman–Crippen LogP) is 6.46. The first-order valence-corrected chi connectivity index (χ1v) is 13.8. The van der Waals surface area contributed by atoms with Crippen LogP contribution >= 0.6 is 0 Å². The van der Waals surface area contributed by atoms with Gasteiger partial charge in [-0.1, -0.05) is 6.07 Å². The van der Waals surface area contributed by atoms with Crippen LogP contribution in [0.2, 0.25) is 0 Å². The Hall–Kier alpha value is -4.76. The Bertz CT molecular complexity index is 1860. The Morgan fingerprint density at radius 3 is 2.59 bits per heavy atom. The van der Waals surface area contributed by atoms with Crippen LogP contribution in [-0.4, -0.2) is 63.4 Å². The maximum Gasteiger partial charge on any atom is 0.137 e. The summed E-state index contributed by atoms with van der Waals surface area (Å²) in [5, 5.41) is 9.60. The van der Waals surface area contributed by atoms with Crippen molar-refractivity contribution in [3.8, 4) is 45.3 Å². The smallest absolute Gasteiger partial charge is 0.137 e. The summed E-state index contributed by atoms with van der Waals surface area (Å²) in [6.45, 7) is 3.57. The highest BCUT2D eigenvalue weighted by Crippen LogP contribution is 2.35. The fraction of sp³-hybridized carbons (Fsp3) is 0.219. The number of aromatic amines is 2. The molecular weight excluding hydrogens is 519 g/mol. The lowest BCUT2D eigenvalue weighted by molar-refractivity contribution is 0.237. The molecule has 0 spiro atoms. The lowest BCUT2D eigenvalue weighted by Gasteiger charge is -2.15. The van der Waals surface area contributed by atoms with Crippen molar-refractivity contribution in [1.29, 1.82) is 0 Å². The fourth-order valence-corrected chi connectivity index (χ4v) is 5.58. The molecule has 0 unspecified atom stereocenters. The zero-order chi connectivity index (χ0) is 27.8. The molecule has 206 valence electrons. The van der Waals surface area contributed by atoms with Gasteiger partial charge in [0.15, 0.2) is 0 Å². The molecule has 1 fully saturated rings. The SMILES string of the molecule is COc1cncc(-c2ccc3[nH]nc(-c4cc5c(-c6cc(F)cc(OCCN7CCCC7)c6)nccc5[nH]4)c3c2)c1. The van der Waals surface area contributed by atoms with Gasteiger partial charge in [0, 0.05) is 52.4 Å². The summed E-state index contributed by atoms with van der Waals surface area (Å²) in [6.07, 6.45) is 7.69. The molecule has 0 bridgehead atoms. The maximum atomic E-state index is 14.7. The second-order valence-electron chi connectivity index (χ2n) is 10.3. The number of hydrogen-bond donors (Lipinski definition) is 2. The number of methoxy groups -OCH3 is 1. The Morgan fingerprint density at radius 2 is 1.71 bits per heavy atom. The summed E-state index contributed by atoms with van der Waals surface area (Å²) < 4.78 is 26.0. The summed E-state index contributed by atoms with van der Waals surface area (Å²) >= 11 is 0. The van der Waals surface area contributed by atoms with Crippen molar-refractivity contribution in [3.05, 3.63) is 79.0 Å². The summed E-state index contributed by atoms with van der Waals surface area (Å²) in [5.74, 6) is 0.848. The third-order valence-corrected chi connectivity index (χ3v) is 7.67. The van der Waals surface area contributed by atoms with Gasteiger partial charge in [-0.15, -0.1) is 0 Å². The minimum atomic E-state index is -0.355. The van der Waals surface area contributed by atoms with Gasteiger partial charge in [0.2, 0.25) is 0 Å². The molecule has 9 heteroatoms. The van der Waals surface area contributed by atoms with Crippen molar-refractivity contribution in [2.75, 3.05) is 33.4 Å². The van der Waals surface area contributed by atoms with Crippen LogP contribution in [0.25, 0.3) is 55.6 Å². The van der Waals surface area contributed by atoms with E-state index in [-0.39, 0.29) is 5.82 Å². The lowest BCUT2D eigenvalue weighted by Crippen LogP contribution is -2.25. The molecule has 0 atom stereocenters. The lowest BCUT2D eigenvalue weighted by atomic mass is 10.0. The van der Waals surface area contributed by atoms with Crippen LogP contribution < -0.4 is 9.47 Å². The zero-order valence-corrected chi connectivity index (χ0v) is 22.7. The number of pyridine rings is 2. The molecule has 2 N–H and O–H groups in total. The van der Waals surface area contributed by atoms with Crippen LogP contribution in [-0.2, 0) is 0 Å². The fourth-order valence-electron chi connectivity index (χ4n) is 5.58. The Kier molecular flexibility index (Phi) is 6.56. The summed E-state index contributed by atoms with van der Waals surface area (Å²) in [7, 11) is 1.63. The first kappa shape index (κ1) is 25.2. The molecule has 2 aromatic carbocycles. The molecule has 1 aliphatic rings. The van der Waals surface area contributed by atoms with Crippen LogP contribution in [0.15, 0.2) is 73.2 Å². The Morgan fingerprint density at radius 1 is 0.854 bits per heavy atom. The largest absolute Gasteiger partial charge is 0.495 e. The van der Waals surface area contributed by atoms with E-state index in [4.69, 9.17) is 9.47 Å². The normalized spacial score (nSPS) is 13.8. The van der Waals surface area contributed by atoms with Gasteiger partial charge < -0.3 is 14.5 Å². The van der Waals surface area contributed by atoms with E-state index in [9.17, 15) is 4.39 Å². The minimum Gasteiger partial charge on any atom is -0.495 e. The average Bonchev–Trinajstić information content (AvgIpc) is 3.76. The van der Waals surface area contributed by atoms with E-state index in [2.05, 4.69) is 36.1 Å². The number of fused-ring (bicyclic) bond motifs is 2. The highest BCUT2D eigenvalue weighted by atomic mass is 19.1. The standard InChI is InChI=1S/C32H29FN6O2/c1-40-25-14-22(18-34-19-25)20-4-5-29-26(15-20)32(38-37-29)30-17-27-28(36-30)6-7-35-31(27)21-12-23(33)16-24(13-21)41-11-10-39-8-2-3-9-39/h4-7,12-19,36H,2-3,8-11H2,1H3,(H,37,38). The number of ether oxygens (including phenoxy) is 2. The van der Waals surface area contributed by atoms with E-state index in [1.54, 1.807) is 19.5 Å². The van der Waals surface area contributed by atoms with Gasteiger partial charge in [-0.2, -0.15) is 5.10 Å². The molecule has 1 saturated heterocycles. The van der Waals surface area contributed by atoms with E-state index in [0.29, 0.717) is 29.4 Å². The predicted molar refractivity (Wildman–Crippen MR) is 158 cm³/mol. The molecule has 0 amide bonds. The summed E-state index contributed by atoms with van der Waals surface area (Å²) in [5.41, 5.74) is 6.71. The topological polar surface area (TPSA) is 91.9 Å². The van der Waals surface area contributed by atoms with Gasteiger partial charge in [0.05, 0.1) is 30.2 Å². The molecule has 6 aromatic rings. The highest BCUT2D eigenvalue weighted by Gasteiger charge is 2.17. The maximum absolute atomic E-state index is 14.7. The zero-order valence-electron chi connectivity index (χ0n) is 22.7. The molecule has 0 aliphatic carbocycles. The van der Waals surface area contributed by atoms with Crippen molar-refractivity contribution >= 4 is 21.8 Å². The summed E-state index contributed by atoms with van der Waals surface area (Å²) in [4.78, 5) is 14.8. The molecule has 5 heterocycles. The third kappa shape index (κ3) is 5.00. The van der Waals surface area contributed by atoms with Crippen LogP contribution in [0.1, 0.15) is 12.8 Å². The van der Waals surface area contributed by atoms with Crippen LogP contribution in [0, 0.1) is 5.82 Å². The van der Waals surface area contributed by atoms with Crippen molar-refractivity contribution in [3.63, 3.8) is 0 Å². The first-order chi connectivity index (χ1) is 20.1. The van der Waals surface area contributed by atoms with Crippen molar-refractivity contribution < 1.29 is 13.9 Å². The number of rotatable bonds is 8. The highest BCUT2D eigenvalue weighted by molar-refractivity contribution is 6.01. The first-order valence-electron chi connectivity index (χ1n) is 13.8. The third-order valence-electron chi connectivity index (χ3n) is 7.67. The molecule has 1 aliphatic heterocycles. The molecule has 7 rings (SSSR count). The Balaban J connectivity index is 1.23. The number of nitrogens with one attached hydrogen (secondary N) is 2. The molecule has 8 nitrogen and oxygen atoms in total.